The fourth-order valence-electron chi connectivity index (χ4n) is 4.69. The van der Waals surface area contributed by atoms with E-state index >= 15 is 0 Å². The Balaban J connectivity index is 1.17. The molecule has 0 amide bonds. The number of ether oxygens (including phenoxy) is 4. The summed E-state index contributed by atoms with van der Waals surface area (Å²) in [6.07, 6.45) is 4.05. The molecular formula is C38H38N2O7. The molecule has 5 aromatic rings. The maximum Gasteiger partial charge on any atom is 0.343 e. The van der Waals surface area contributed by atoms with Gasteiger partial charge in [0.2, 0.25) is 11.8 Å². The second-order valence-corrected chi connectivity index (χ2v) is 11.1. The molecule has 1 aromatic heterocycles. The molecule has 9 nitrogen and oxygen atoms in total. The summed E-state index contributed by atoms with van der Waals surface area (Å²) in [6.45, 7) is 9.20. The van der Waals surface area contributed by atoms with Crippen molar-refractivity contribution >= 4 is 11.9 Å². The highest BCUT2D eigenvalue weighted by molar-refractivity contribution is 5.93. The summed E-state index contributed by atoms with van der Waals surface area (Å²) in [4.78, 5) is 25.6. The van der Waals surface area contributed by atoms with Gasteiger partial charge < -0.3 is 23.4 Å². The van der Waals surface area contributed by atoms with Crippen LogP contribution in [0.4, 0.5) is 0 Å². The maximum absolute atomic E-state index is 12.8. The third-order valence-electron chi connectivity index (χ3n) is 7.42. The highest BCUT2D eigenvalue weighted by atomic mass is 16.5. The third kappa shape index (κ3) is 8.64. The number of aromatic nitrogens is 2. The average Bonchev–Trinajstić information content (AvgIpc) is 3.56. The van der Waals surface area contributed by atoms with Gasteiger partial charge in [-0.05, 0) is 123 Å². The van der Waals surface area contributed by atoms with Crippen molar-refractivity contribution in [1.82, 2.24) is 10.2 Å². The molecule has 0 aliphatic heterocycles. The summed E-state index contributed by atoms with van der Waals surface area (Å²) in [5, 5.41) is 8.33. The number of aryl methyl sites for hydroxylation is 2. The standard InChI is InChI=1S/C38H38N2O7/c1-5-7-21-43-31-17-19-33(25(3)23-31)37(41)45-29-13-9-27(10-14-29)35-39-40-36(47-35)28-11-15-30(16-12-28)46-38(42)34-20-18-32(24-26(34)4)44-22-8-6-2/h9-20,23-24H,5-8,21-22H2,1-4H3. The van der Waals surface area contributed by atoms with Crippen molar-refractivity contribution in [2.75, 3.05) is 13.2 Å². The molecule has 0 bridgehead atoms. The molecule has 0 saturated heterocycles. The predicted molar refractivity (Wildman–Crippen MR) is 178 cm³/mol. The first-order valence-corrected chi connectivity index (χ1v) is 15.8. The van der Waals surface area contributed by atoms with Crippen LogP contribution < -0.4 is 18.9 Å². The van der Waals surface area contributed by atoms with E-state index < -0.39 is 11.9 Å². The van der Waals surface area contributed by atoms with Crippen molar-refractivity contribution in [2.24, 2.45) is 0 Å². The van der Waals surface area contributed by atoms with Gasteiger partial charge in [0.15, 0.2) is 0 Å². The van der Waals surface area contributed by atoms with Gasteiger partial charge in [-0.1, -0.05) is 26.7 Å². The molecular weight excluding hydrogens is 596 g/mol. The topological polar surface area (TPSA) is 110 Å². The quantitative estimate of drug-likeness (QED) is 0.0672. The molecule has 0 saturated carbocycles. The average molecular weight is 635 g/mol. The molecule has 0 spiro atoms. The maximum atomic E-state index is 12.8. The van der Waals surface area contributed by atoms with Crippen LogP contribution in [0, 0.1) is 13.8 Å². The van der Waals surface area contributed by atoms with Gasteiger partial charge >= 0.3 is 11.9 Å². The van der Waals surface area contributed by atoms with Gasteiger partial charge in [-0.2, -0.15) is 0 Å². The van der Waals surface area contributed by atoms with Crippen LogP contribution >= 0.6 is 0 Å². The minimum Gasteiger partial charge on any atom is -0.494 e. The van der Waals surface area contributed by atoms with Gasteiger partial charge in [0, 0.05) is 11.1 Å². The highest BCUT2D eigenvalue weighted by Gasteiger charge is 2.16. The van der Waals surface area contributed by atoms with Crippen molar-refractivity contribution in [3.8, 4) is 45.9 Å². The van der Waals surface area contributed by atoms with Crippen LogP contribution in [-0.4, -0.2) is 35.3 Å². The normalized spacial score (nSPS) is 10.8. The number of esters is 2. The lowest BCUT2D eigenvalue weighted by molar-refractivity contribution is 0.0724. The van der Waals surface area contributed by atoms with E-state index in [0.717, 1.165) is 48.3 Å². The molecule has 0 aliphatic carbocycles. The Kier molecular flexibility index (Phi) is 11.0. The Morgan fingerprint density at radius 2 is 0.957 bits per heavy atom. The van der Waals surface area contributed by atoms with Crippen LogP contribution in [0.3, 0.4) is 0 Å². The highest BCUT2D eigenvalue weighted by Crippen LogP contribution is 2.28. The number of hydrogen-bond acceptors (Lipinski definition) is 9. The molecule has 0 N–H and O–H groups in total. The molecule has 0 fully saturated rings. The summed E-state index contributed by atoms with van der Waals surface area (Å²) >= 11 is 0. The largest absolute Gasteiger partial charge is 0.494 e. The number of unbranched alkanes of at least 4 members (excludes halogenated alkanes) is 2. The number of benzene rings is 4. The molecule has 0 atom stereocenters. The van der Waals surface area contributed by atoms with Crippen LogP contribution in [-0.2, 0) is 0 Å². The van der Waals surface area contributed by atoms with Crippen molar-refractivity contribution in [2.45, 2.75) is 53.4 Å². The Bertz CT molecular complexity index is 1680. The first kappa shape index (κ1) is 32.9. The molecule has 5 rings (SSSR count). The van der Waals surface area contributed by atoms with E-state index in [2.05, 4.69) is 24.0 Å². The summed E-state index contributed by atoms with van der Waals surface area (Å²) in [6, 6.07) is 24.3. The van der Waals surface area contributed by atoms with Gasteiger partial charge in [-0.25, -0.2) is 9.59 Å². The van der Waals surface area contributed by atoms with E-state index in [9.17, 15) is 9.59 Å². The third-order valence-corrected chi connectivity index (χ3v) is 7.42. The number of carbonyl (C=O) groups excluding carboxylic acids is 2. The van der Waals surface area contributed by atoms with E-state index in [1.807, 2.05) is 26.0 Å². The predicted octanol–water partition coefficient (Wildman–Crippen LogP) is 8.82. The van der Waals surface area contributed by atoms with E-state index in [1.54, 1.807) is 72.8 Å². The second kappa shape index (κ2) is 15.7. The Morgan fingerprint density at radius 3 is 1.32 bits per heavy atom. The zero-order valence-electron chi connectivity index (χ0n) is 27.1. The summed E-state index contributed by atoms with van der Waals surface area (Å²) in [5.74, 6) is 1.94. The molecule has 0 radical (unpaired) electrons. The molecule has 9 heteroatoms. The van der Waals surface area contributed by atoms with E-state index in [4.69, 9.17) is 23.4 Å². The second-order valence-electron chi connectivity index (χ2n) is 11.1. The number of nitrogens with zero attached hydrogens (tertiary/aromatic N) is 2. The Hall–Kier alpha value is -5.44. The van der Waals surface area contributed by atoms with Crippen LogP contribution in [0.5, 0.6) is 23.0 Å². The molecule has 47 heavy (non-hydrogen) atoms. The minimum absolute atomic E-state index is 0.306. The van der Waals surface area contributed by atoms with Crippen LogP contribution in [0.25, 0.3) is 22.9 Å². The van der Waals surface area contributed by atoms with Gasteiger partial charge in [0.1, 0.15) is 23.0 Å². The fourth-order valence-corrected chi connectivity index (χ4v) is 4.69. The fraction of sp³-hybridized carbons (Fsp3) is 0.263. The lowest BCUT2D eigenvalue weighted by Gasteiger charge is -2.10. The van der Waals surface area contributed by atoms with Gasteiger partial charge in [0.25, 0.3) is 0 Å². The molecule has 0 unspecified atom stereocenters. The van der Waals surface area contributed by atoms with Crippen molar-refractivity contribution in [3.63, 3.8) is 0 Å². The zero-order valence-corrected chi connectivity index (χ0v) is 27.1. The number of hydrogen-bond donors (Lipinski definition) is 0. The monoisotopic (exact) mass is 634 g/mol. The Morgan fingerprint density at radius 1 is 0.574 bits per heavy atom. The smallest absolute Gasteiger partial charge is 0.343 e. The number of carbonyl (C=O) groups is 2. The van der Waals surface area contributed by atoms with E-state index in [1.165, 1.54) is 0 Å². The van der Waals surface area contributed by atoms with Crippen molar-refractivity contribution in [1.29, 1.82) is 0 Å². The zero-order chi connectivity index (χ0) is 33.2. The van der Waals surface area contributed by atoms with Crippen LogP contribution in [0.1, 0.15) is 71.4 Å². The number of rotatable bonds is 14. The minimum atomic E-state index is -0.454. The van der Waals surface area contributed by atoms with E-state index in [-0.39, 0.29) is 0 Å². The van der Waals surface area contributed by atoms with Gasteiger partial charge in [0.05, 0.1) is 24.3 Å². The first-order chi connectivity index (χ1) is 22.8. The van der Waals surface area contributed by atoms with Gasteiger partial charge in [-0.3, -0.25) is 0 Å². The lowest BCUT2D eigenvalue weighted by atomic mass is 10.1. The molecule has 1 heterocycles. The van der Waals surface area contributed by atoms with Crippen LogP contribution in [0.15, 0.2) is 89.3 Å². The first-order valence-electron chi connectivity index (χ1n) is 15.8. The molecule has 242 valence electrons. The summed E-state index contributed by atoms with van der Waals surface area (Å²) in [5.41, 5.74) is 3.82. The lowest BCUT2D eigenvalue weighted by Crippen LogP contribution is -2.10. The van der Waals surface area contributed by atoms with Crippen molar-refractivity contribution < 1.29 is 33.0 Å². The van der Waals surface area contributed by atoms with E-state index in [0.29, 0.717) is 58.7 Å². The van der Waals surface area contributed by atoms with Crippen LogP contribution in [0.2, 0.25) is 0 Å². The Labute approximate surface area is 274 Å². The summed E-state index contributed by atoms with van der Waals surface area (Å²) < 4.78 is 28.5. The molecule has 0 aliphatic rings. The van der Waals surface area contributed by atoms with Gasteiger partial charge in [-0.15, -0.1) is 10.2 Å². The summed E-state index contributed by atoms with van der Waals surface area (Å²) in [7, 11) is 0. The van der Waals surface area contributed by atoms with Crippen molar-refractivity contribution in [3.05, 3.63) is 107 Å². The molecule has 4 aromatic carbocycles. The SMILES string of the molecule is CCCCOc1ccc(C(=O)Oc2ccc(-c3nnc(-c4ccc(OC(=O)c5ccc(OCCCC)cc5C)cc4)o3)cc2)c(C)c1.